The summed E-state index contributed by atoms with van der Waals surface area (Å²) in [5.41, 5.74) is 6.34. The van der Waals surface area contributed by atoms with E-state index in [9.17, 15) is 4.79 Å². The second-order valence-corrected chi connectivity index (χ2v) is 8.10. The molecule has 0 unspecified atom stereocenters. The number of aliphatic hydroxyl groups excluding tert-OH is 4. The molecule has 0 saturated carbocycles. The third kappa shape index (κ3) is 102. The summed E-state index contributed by atoms with van der Waals surface area (Å²) >= 11 is 4.71. The fourth-order valence-corrected chi connectivity index (χ4v) is 2.75. The van der Waals surface area contributed by atoms with Crippen LogP contribution in [0.1, 0.15) is 6.42 Å². The van der Waals surface area contributed by atoms with E-state index in [2.05, 4.69) is 14.5 Å². The molecule has 14 nitrogen and oxygen atoms in total. The Morgan fingerprint density at radius 3 is 1.53 bits per heavy atom. The van der Waals surface area contributed by atoms with Crippen LogP contribution < -0.4 is 0 Å². The molecule has 0 atom stereocenters. The Balaban J connectivity index is -0.0000000623. The van der Waals surface area contributed by atoms with Crippen LogP contribution in [0.2, 0.25) is 0 Å². The topological polar surface area (TPSA) is 251 Å². The smallest absolute Gasteiger partial charge is 0.227 e. The van der Waals surface area contributed by atoms with Gasteiger partial charge in [0.2, 0.25) is 6.09 Å². The molecule has 0 aliphatic carbocycles. The molecule has 19 heteroatoms. The first kappa shape index (κ1) is 52.9. The summed E-state index contributed by atoms with van der Waals surface area (Å²) in [6, 6.07) is 0. The molecule has 0 saturated heterocycles. The number of nitrogens with zero attached hydrogens (tertiary/aromatic N) is 3. The third-order valence-electron chi connectivity index (χ3n) is 2.04. The summed E-state index contributed by atoms with van der Waals surface area (Å²) in [4.78, 5) is 34.9. The summed E-state index contributed by atoms with van der Waals surface area (Å²) in [6.45, 7) is 1.49. The van der Waals surface area contributed by atoms with E-state index in [1.165, 1.54) is 11.8 Å². The zero-order valence-corrected chi connectivity index (χ0v) is 27.9. The van der Waals surface area contributed by atoms with Crippen LogP contribution >= 0.6 is 35.3 Å². The van der Waals surface area contributed by atoms with Crippen LogP contribution in [0.4, 0.5) is 4.79 Å². The number of amides is 1. The normalized spacial score (nSPS) is 7.78. The zero-order valence-electron chi connectivity index (χ0n) is 19.7. The monoisotopic (exact) mass is 726 g/mol. The molecule has 0 aromatic heterocycles. The molecule has 0 spiro atoms. The number of nitrogens with one attached hydrogen (secondary N) is 1. The van der Waals surface area contributed by atoms with Gasteiger partial charge in [0.05, 0.1) is 26.4 Å². The minimum Gasteiger partial charge on any atom is -0.775 e. The molecular formula is C17H32N4O10S3Y2-4. The van der Waals surface area contributed by atoms with Crippen LogP contribution in [0.3, 0.4) is 0 Å². The van der Waals surface area contributed by atoms with Crippen LogP contribution in [0.25, 0.3) is 22.0 Å². The largest absolute Gasteiger partial charge is 0.775 e. The van der Waals surface area contributed by atoms with Gasteiger partial charge in [0, 0.05) is 107 Å². The summed E-state index contributed by atoms with van der Waals surface area (Å²) in [5, 5.41) is 54.6. The molecule has 36 heavy (non-hydrogen) atoms. The van der Waals surface area contributed by atoms with Gasteiger partial charge in [-0.2, -0.15) is 40.2 Å². The van der Waals surface area contributed by atoms with Crippen LogP contribution in [0.5, 0.6) is 0 Å². The van der Waals surface area contributed by atoms with Gasteiger partial charge in [-0.05, 0) is 24.3 Å². The van der Waals surface area contributed by atoms with Crippen molar-refractivity contribution in [2.75, 3.05) is 74.2 Å². The summed E-state index contributed by atoms with van der Waals surface area (Å²) in [5.74, 6) is 4.48. The fraction of sp³-hybridized carbons (Fsp3) is 0.765. The van der Waals surface area contributed by atoms with Gasteiger partial charge in [0.15, 0.2) is 0 Å². The van der Waals surface area contributed by atoms with E-state index in [-0.39, 0.29) is 98.5 Å². The van der Waals surface area contributed by atoms with Crippen molar-refractivity contribution >= 4 is 59.9 Å². The first-order chi connectivity index (χ1) is 16.4. The molecule has 0 aliphatic rings. The maximum atomic E-state index is 9.86. The van der Waals surface area contributed by atoms with E-state index in [1.807, 2.05) is 0 Å². The molecule has 0 fully saturated rings. The molecular weight excluding hydrogens is 694 g/mol. The molecule has 0 aromatic rings. The number of hydrogen-bond acceptors (Lipinski definition) is 13. The standard InChI is InChI=1S/C6H12NO3S.C5H11NO3S.C4H10O2S.2CNO.2Y/c7-6-10-9-3-5-11-4-1-2-8;6-5(8)9-2-4-10-3-1-7;5-1-3-7-4-2-6;2*2-1-3;;/h6,8H,1-5H2;7H,1-4H2,(H2,6,8);5-6H,1-4H2;;;;/q-1;;;2*-1;;/p-1. The van der Waals surface area contributed by atoms with Gasteiger partial charge >= 0.3 is 0 Å². The van der Waals surface area contributed by atoms with E-state index in [1.54, 1.807) is 23.5 Å². The van der Waals surface area contributed by atoms with E-state index < -0.39 is 6.09 Å². The zero-order chi connectivity index (χ0) is 27.1. The Hall–Kier alpha value is 0.558. The average Bonchev–Trinajstić information content (AvgIpc) is 2.81. The molecule has 208 valence electrons. The Morgan fingerprint density at radius 2 is 1.17 bits per heavy atom. The van der Waals surface area contributed by atoms with Crippen molar-refractivity contribution in [2.45, 2.75) is 6.42 Å². The second-order valence-electron chi connectivity index (χ2n) is 4.43. The van der Waals surface area contributed by atoms with Gasteiger partial charge in [0.1, 0.15) is 6.61 Å². The van der Waals surface area contributed by atoms with Crippen LogP contribution in [0, 0.1) is 0 Å². The van der Waals surface area contributed by atoms with Crippen molar-refractivity contribution in [1.29, 1.82) is 0 Å². The number of carbonyl (C=O) groups excluding carboxylic acids is 3. The Kier molecular flexibility index (Phi) is 95.5. The minimum absolute atomic E-state index is 0. The molecule has 2 radical (unpaired) electrons. The van der Waals surface area contributed by atoms with Crippen molar-refractivity contribution < 1.29 is 115 Å². The van der Waals surface area contributed by atoms with Crippen molar-refractivity contribution in [3.05, 3.63) is 22.0 Å². The van der Waals surface area contributed by atoms with Crippen molar-refractivity contribution in [3.8, 4) is 0 Å². The molecule has 0 rings (SSSR count). The van der Waals surface area contributed by atoms with E-state index in [0.29, 0.717) is 36.7 Å². The molecule has 0 aromatic carbocycles. The first-order valence-electron chi connectivity index (χ1n) is 9.25. The van der Waals surface area contributed by atoms with Gasteiger partial charge in [-0.25, -0.2) is 0 Å². The first-order valence-corrected chi connectivity index (χ1v) is 12.7. The molecule has 0 aliphatic heterocycles. The van der Waals surface area contributed by atoms with Crippen molar-refractivity contribution in [1.82, 2.24) is 0 Å². The van der Waals surface area contributed by atoms with Crippen LogP contribution in [0.15, 0.2) is 0 Å². The van der Waals surface area contributed by atoms with Gasteiger partial charge in [-0.1, -0.05) is 0 Å². The number of carbonyl (C=O) groups is 1. The van der Waals surface area contributed by atoms with Gasteiger partial charge in [-0.15, -0.1) is 0 Å². The second kappa shape index (κ2) is 65.0. The van der Waals surface area contributed by atoms with Crippen LogP contribution in [-0.4, -0.2) is 119 Å². The maximum Gasteiger partial charge on any atom is 0.227 e. The molecule has 0 bridgehead atoms. The fourth-order valence-electron chi connectivity index (χ4n) is 1.03. The van der Waals surface area contributed by atoms with Crippen molar-refractivity contribution in [2.24, 2.45) is 0 Å². The number of hydrogen-bond donors (Lipinski definition) is 4. The van der Waals surface area contributed by atoms with Gasteiger partial charge in [-0.3, -0.25) is 14.4 Å². The Morgan fingerprint density at radius 1 is 0.778 bits per heavy atom. The van der Waals surface area contributed by atoms with E-state index in [4.69, 9.17) is 52.0 Å². The molecule has 5 N–H and O–H groups in total. The predicted molar refractivity (Wildman–Crippen MR) is 135 cm³/mol. The quantitative estimate of drug-likeness (QED) is 0.0409. The maximum absolute atomic E-state index is 9.86. The Bertz CT molecular complexity index is 452. The predicted octanol–water partition coefficient (Wildman–Crippen LogP) is 1.03. The molecule has 0 heterocycles. The molecule has 1 amide bonds. The summed E-state index contributed by atoms with van der Waals surface area (Å²) in [7, 11) is 0. The number of isocyanates is 2. The summed E-state index contributed by atoms with van der Waals surface area (Å²) < 4.78 is 4.31. The number of aliphatic hydroxyl groups is 4. The third-order valence-corrected chi connectivity index (χ3v) is 4.94. The van der Waals surface area contributed by atoms with E-state index >= 15 is 0 Å². The van der Waals surface area contributed by atoms with Crippen LogP contribution in [-0.2, 0) is 89.5 Å². The number of rotatable bonds is 17. The Labute approximate surface area is 274 Å². The van der Waals surface area contributed by atoms with Gasteiger partial charge in [0.25, 0.3) is 0 Å². The van der Waals surface area contributed by atoms with Crippen molar-refractivity contribution in [3.63, 3.8) is 0 Å². The SMILES string of the molecule is OCCSCCO.[N-]=C=O.[N-]=C=O.[N-]=COOCCSCCCO.[NH-]C(=O)OCCSCCO.[Y].[Y]. The number of thioether (sulfide) groups is 3. The summed E-state index contributed by atoms with van der Waals surface area (Å²) in [6.07, 6.45) is 1.31. The van der Waals surface area contributed by atoms with Gasteiger partial charge < -0.3 is 52.0 Å². The minimum atomic E-state index is -0.996. The number of ether oxygens (including phenoxy) is 1. The average molecular weight is 726 g/mol. The van der Waals surface area contributed by atoms with E-state index in [0.717, 1.165) is 29.4 Å².